The number of phosphoric acid groups is 2. The second-order valence-corrected chi connectivity index (χ2v) is 28.9. The van der Waals surface area contributed by atoms with Gasteiger partial charge in [0.25, 0.3) is 0 Å². The van der Waals surface area contributed by atoms with E-state index in [0.717, 1.165) is 109 Å². The summed E-state index contributed by atoms with van der Waals surface area (Å²) in [5.74, 6) is -2.13. The molecule has 2 unspecified atom stereocenters. The van der Waals surface area contributed by atoms with E-state index in [4.69, 9.17) is 37.0 Å². The second kappa shape index (κ2) is 66.7. The summed E-state index contributed by atoms with van der Waals surface area (Å²) in [5, 5.41) is 10.6. The molecule has 0 aliphatic heterocycles. The number of hydrogen-bond acceptors (Lipinski definition) is 15. The Labute approximate surface area is 556 Å². The quantitative estimate of drug-likeness (QED) is 0.0222. The number of carbonyl (C=O) groups excluding carboxylic acids is 4. The van der Waals surface area contributed by atoms with E-state index in [2.05, 4.69) is 27.7 Å². The van der Waals surface area contributed by atoms with Crippen LogP contribution < -0.4 is 0 Å². The van der Waals surface area contributed by atoms with Crippen LogP contribution in [-0.2, 0) is 65.4 Å². The molecule has 17 nitrogen and oxygen atoms in total. The van der Waals surface area contributed by atoms with Gasteiger partial charge in [0.2, 0.25) is 0 Å². The Morgan fingerprint density at radius 3 is 0.648 bits per heavy atom. The van der Waals surface area contributed by atoms with Crippen LogP contribution in [0.5, 0.6) is 0 Å². The SMILES string of the molecule is CCCCCCCCCCCCCCCCCCCCCCCC(=O)O[C@H](COC(=O)CCCCCCCCCCCCCCCCC)COP(=O)(O)OC[C@@H](O)COP(=O)(O)OC[C@@H](COC(=O)CCCCCCCCC)OC(=O)CCCCCCCCCC. The Balaban J connectivity index is 5.12. The number of aliphatic hydroxyl groups is 1. The lowest BCUT2D eigenvalue weighted by molar-refractivity contribution is -0.161. The molecule has 0 aromatic carbocycles. The van der Waals surface area contributed by atoms with Gasteiger partial charge in [-0.05, 0) is 25.7 Å². The van der Waals surface area contributed by atoms with Gasteiger partial charge in [0, 0.05) is 25.7 Å². The van der Waals surface area contributed by atoms with Gasteiger partial charge in [-0.2, -0.15) is 0 Å². The standard InChI is InChI=1S/C72H140O17P2/c1-5-9-13-17-21-24-26-28-30-31-32-33-34-35-37-39-41-43-47-51-55-59-72(77)89-68(63-83-70(75)57-53-49-46-42-40-38-36-29-27-25-22-18-14-10-6-2)65-87-91(80,81)85-61-66(73)60-84-90(78,79)86-64-67(62-82-69(74)56-52-48-44-20-16-12-8-4)88-71(76)58-54-50-45-23-19-15-11-7-3/h66-68,73H,5-65H2,1-4H3,(H,78,79)(H,80,81)/t66-,67+,68+/m0/s1. The number of hydrogen-bond donors (Lipinski definition) is 3. The van der Waals surface area contributed by atoms with Gasteiger partial charge in [-0.25, -0.2) is 9.13 Å². The molecule has 540 valence electrons. The van der Waals surface area contributed by atoms with E-state index in [1.807, 2.05) is 0 Å². The monoisotopic (exact) mass is 1340 g/mol. The van der Waals surface area contributed by atoms with Crippen molar-refractivity contribution >= 4 is 39.5 Å². The first-order valence-corrected chi connectivity index (χ1v) is 40.8. The van der Waals surface area contributed by atoms with Crippen molar-refractivity contribution in [3.63, 3.8) is 0 Å². The van der Waals surface area contributed by atoms with Gasteiger partial charge in [0.1, 0.15) is 19.3 Å². The lowest BCUT2D eigenvalue weighted by atomic mass is 10.0. The van der Waals surface area contributed by atoms with Crippen molar-refractivity contribution in [3.8, 4) is 0 Å². The molecule has 0 fully saturated rings. The van der Waals surface area contributed by atoms with E-state index in [1.54, 1.807) is 0 Å². The topological polar surface area (TPSA) is 237 Å². The maximum atomic E-state index is 13.1. The van der Waals surface area contributed by atoms with Crippen LogP contribution in [0, 0.1) is 0 Å². The first kappa shape index (κ1) is 89.1. The first-order valence-electron chi connectivity index (χ1n) is 37.8. The first-order chi connectivity index (χ1) is 44.2. The summed E-state index contributed by atoms with van der Waals surface area (Å²) in [4.78, 5) is 72.3. The molecule has 0 spiro atoms. The Morgan fingerprint density at radius 1 is 0.264 bits per heavy atom. The van der Waals surface area contributed by atoms with Gasteiger partial charge in [-0.3, -0.25) is 37.3 Å². The normalized spacial score (nSPS) is 14.0. The predicted molar refractivity (Wildman–Crippen MR) is 368 cm³/mol. The molecule has 19 heteroatoms. The van der Waals surface area contributed by atoms with Gasteiger partial charge in [0.05, 0.1) is 26.4 Å². The summed E-state index contributed by atoms with van der Waals surface area (Å²) in [6.45, 7) is 4.89. The van der Waals surface area contributed by atoms with Crippen LogP contribution in [0.2, 0.25) is 0 Å². The highest BCUT2D eigenvalue weighted by Gasteiger charge is 2.30. The molecule has 0 bridgehead atoms. The fraction of sp³-hybridized carbons (Fsp3) is 0.944. The van der Waals surface area contributed by atoms with Crippen LogP contribution in [0.4, 0.5) is 0 Å². The maximum Gasteiger partial charge on any atom is 0.472 e. The van der Waals surface area contributed by atoms with Gasteiger partial charge in [0.15, 0.2) is 12.2 Å². The van der Waals surface area contributed by atoms with Crippen LogP contribution in [-0.4, -0.2) is 96.7 Å². The molecule has 5 atom stereocenters. The Bertz CT molecular complexity index is 1740. The van der Waals surface area contributed by atoms with E-state index in [0.29, 0.717) is 25.7 Å². The van der Waals surface area contributed by atoms with Gasteiger partial charge in [-0.1, -0.05) is 329 Å². The minimum Gasteiger partial charge on any atom is -0.462 e. The van der Waals surface area contributed by atoms with E-state index < -0.39 is 97.5 Å². The smallest absolute Gasteiger partial charge is 0.462 e. The minimum absolute atomic E-state index is 0.105. The van der Waals surface area contributed by atoms with E-state index in [1.165, 1.54) is 193 Å². The molecule has 91 heavy (non-hydrogen) atoms. The van der Waals surface area contributed by atoms with Crippen LogP contribution in [0.25, 0.3) is 0 Å². The third-order valence-corrected chi connectivity index (χ3v) is 18.8. The average Bonchev–Trinajstić information content (AvgIpc) is 3.72. The zero-order chi connectivity index (χ0) is 66.8. The van der Waals surface area contributed by atoms with Crippen molar-refractivity contribution in [1.29, 1.82) is 0 Å². The van der Waals surface area contributed by atoms with Crippen molar-refractivity contribution in [3.05, 3.63) is 0 Å². The van der Waals surface area contributed by atoms with Crippen LogP contribution in [0.15, 0.2) is 0 Å². The molecule has 3 N–H and O–H groups in total. The van der Waals surface area contributed by atoms with Crippen molar-refractivity contribution < 1.29 is 80.2 Å². The van der Waals surface area contributed by atoms with Gasteiger partial charge >= 0.3 is 39.5 Å². The summed E-state index contributed by atoms with van der Waals surface area (Å²) in [6.07, 6.45) is 55.9. The molecule has 0 radical (unpaired) electrons. The van der Waals surface area contributed by atoms with E-state index >= 15 is 0 Å². The minimum atomic E-state index is -4.95. The van der Waals surface area contributed by atoms with Crippen LogP contribution >= 0.6 is 15.6 Å². The van der Waals surface area contributed by atoms with Gasteiger partial charge in [-0.15, -0.1) is 0 Å². The van der Waals surface area contributed by atoms with Crippen molar-refractivity contribution in [1.82, 2.24) is 0 Å². The molecular formula is C72H140O17P2. The highest BCUT2D eigenvalue weighted by molar-refractivity contribution is 7.47. The second-order valence-electron chi connectivity index (χ2n) is 26.0. The number of unbranched alkanes of at least 4 members (excludes halogenated alkanes) is 47. The third-order valence-electron chi connectivity index (χ3n) is 16.9. The molecule has 0 aromatic heterocycles. The number of ether oxygens (including phenoxy) is 4. The summed E-state index contributed by atoms with van der Waals surface area (Å²) >= 11 is 0. The lowest BCUT2D eigenvalue weighted by Crippen LogP contribution is -2.30. The predicted octanol–water partition coefficient (Wildman–Crippen LogP) is 21.1. The van der Waals surface area contributed by atoms with Crippen molar-refractivity contribution in [2.24, 2.45) is 0 Å². The molecule has 0 amide bonds. The Kier molecular flexibility index (Phi) is 65.2. The number of carbonyl (C=O) groups is 4. The highest BCUT2D eigenvalue weighted by Crippen LogP contribution is 2.45. The average molecular weight is 1340 g/mol. The lowest BCUT2D eigenvalue weighted by Gasteiger charge is -2.21. The van der Waals surface area contributed by atoms with Crippen LogP contribution in [0.1, 0.15) is 381 Å². The van der Waals surface area contributed by atoms with E-state index in [-0.39, 0.29) is 25.7 Å². The molecule has 0 aliphatic rings. The summed E-state index contributed by atoms with van der Waals surface area (Å²) in [6, 6.07) is 0. The molecule has 0 heterocycles. The molecule has 0 saturated heterocycles. The number of esters is 4. The number of phosphoric ester groups is 2. The largest absolute Gasteiger partial charge is 0.472 e. The fourth-order valence-corrected chi connectivity index (χ4v) is 12.6. The Hall–Kier alpha value is -1.94. The van der Waals surface area contributed by atoms with Crippen LogP contribution in [0.3, 0.4) is 0 Å². The summed E-state index contributed by atoms with van der Waals surface area (Å²) in [7, 11) is -9.89. The summed E-state index contributed by atoms with van der Waals surface area (Å²) in [5.41, 5.74) is 0. The molecule has 0 rings (SSSR count). The van der Waals surface area contributed by atoms with Crippen molar-refractivity contribution in [2.45, 2.75) is 399 Å². The van der Waals surface area contributed by atoms with Gasteiger partial charge < -0.3 is 33.8 Å². The zero-order valence-electron chi connectivity index (χ0n) is 58.8. The zero-order valence-corrected chi connectivity index (χ0v) is 60.6. The number of aliphatic hydroxyl groups excluding tert-OH is 1. The molecular weight excluding hydrogens is 1200 g/mol. The summed E-state index contributed by atoms with van der Waals surface area (Å²) < 4.78 is 68.1. The highest BCUT2D eigenvalue weighted by atomic mass is 31.2. The maximum absolute atomic E-state index is 13.1. The van der Waals surface area contributed by atoms with Crippen molar-refractivity contribution in [2.75, 3.05) is 39.6 Å². The van der Waals surface area contributed by atoms with E-state index in [9.17, 15) is 43.2 Å². The fourth-order valence-electron chi connectivity index (χ4n) is 11.0. The molecule has 0 aliphatic carbocycles. The Morgan fingerprint density at radius 2 is 0.440 bits per heavy atom. The third kappa shape index (κ3) is 66.5. The molecule has 0 aromatic rings. The number of rotatable bonds is 73. The molecule has 0 saturated carbocycles.